The Morgan fingerprint density at radius 1 is 1.23 bits per heavy atom. The van der Waals surface area contributed by atoms with E-state index in [2.05, 4.69) is 4.98 Å². The second-order valence-electron chi connectivity index (χ2n) is 4.91. The minimum Gasteiger partial charge on any atom is -0.545 e. The average Bonchev–Trinajstić information content (AvgIpc) is 2.48. The quantitative estimate of drug-likeness (QED) is 0.731. The molecule has 6 heteroatoms. The molecule has 1 heterocycles. The summed E-state index contributed by atoms with van der Waals surface area (Å²) < 4.78 is 1.62. The minimum atomic E-state index is -1.30. The van der Waals surface area contributed by atoms with Gasteiger partial charge < -0.3 is 14.9 Å². The minimum absolute atomic E-state index is 0.00816. The van der Waals surface area contributed by atoms with Crippen molar-refractivity contribution in [1.82, 2.24) is 9.55 Å². The molecule has 0 saturated carbocycles. The number of carboxylic acids is 1. The van der Waals surface area contributed by atoms with Crippen LogP contribution in [0, 0.1) is 11.7 Å². The summed E-state index contributed by atoms with van der Waals surface area (Å²) >= 11 is 5.26. The Labute approximate surface area is 130 Å². The Bertz CT molecular complexity index is 1020. The highest BCUT2D eigenvalue weighted by Crippen LogP contribution is 2.15. The number of carboxylic acid groups (broad SMARTS) is 1. The van der Waals surface area contributed by atoms with Crippen molar-refractivity contribution in [1.29, 1.82) is 0 Å². The van der Waals surface area contributed by atoms with Crippen LogP contribution in [0.1, 0.15) is 15.9 Å². The first-order chi connectivity index (χ1) is 10.5. The molecular weight excluding hydrogens is 300 g/mol. The molecule has 1 aromatic heterocycles. The van der Waals surface area contributed by atoms with E-state index in [1.54, 1.807) is 0 Å². The summed E-state index contributed by atoms with van der Waals surface area (Å²) in [6.45, 7) is 1.89. The van der Waals surface area contributed by atoms with Crippen molar-refractivity contribution < 1.29 is 9.90 Å². The van der Waals surface area contributed by atoms with Gasteiger partial charge >= 0.3 is 0 Å². The number of H-pyrrole nitrogens is 1. The first-order valence-electron chi connectivity index (χ1n) is 6.55. The first kappa shape index (κ1) is 14.2. The Hall–Kier alpha value is -2.73. The van der Waals surface area contributed by atoms with Gasteiger partial charge in [0.1, 0.15) is 0 Å². The summed E-state index contributed by atoms with van der Waals surface area (Å²) in [5.74, 6) is -1.30. The number of carbonyl (C=O) groups excluding carboxylic acids is 1. The van der Waals surface area contributed by atoms with Gasteiger partial charge in [-0.1, -0.05) is 24.3 Å². The van der Waals surface area contributed by atoms with Crippen LogP contribution in [0.3, 0.4) is 0 Å². The SMILES string of the molecule is Cc1ccccc1-n1c(=S)[nH]c2cc(C(=O)[O-])ccc2c1=O. The molecule has 3 aromatic rings. The molecule has 110 valence electrons. The lowest BCUT2D eigenvalue weighted by Crippen LogP contribution is -2.24. The molecule has 0 radical (unpaired) electrons. The molecule has 0 fully saturated rings. The molecule has 0 saturated heterocycles. The second kappa shape index (κ2) is 5.23. The van der Waals surface area contributed by atoms with Gasteiger partial charge in [0, 0.05) is 0 Å². The van der Waals surface area contributed by atoms with Crippen LogP contribution in [0.2, 0.25) is 0 Å². The molecule has 3 rings (SSSR count). The number of aryl methyl sites for hydroxylation is 1. The van der Waals surface area contributed by atoms with Gasteiger partial charge in [-0.25, -0.2) is 0 Å². The van der Waals surface area contributed by atoms with Crippen LogP contribution in [0.5, 0.6) is 0 Å². The van der Waals surface area contributed by atoms with Crippen molar-refractivity contribution >= 4 is 29.1 Å². The number of benzene rings is 2. The van der Waals surface area contributed by atoms with Gasteiger partial charge in [0.25, 0.3) is 5.56 Å². The van der Waals surface area contributed by atoms with E-state index in [-0.39, 0.29) is 15.9 Å². The van der Waals surface area contributed by atoms with Gasteiger partial charge in [-0.05, 0) is 48.5 Å². The van der Waals surface area contributed by atoms with Gasteiger partial charge in [0.15, 0.2) is 4.77 Å². The summed E-state index contributed by atoms with van der Waals surface area (Å²) in [5, 5.41) is 11.3. The van der Waals surface area contributed by atoms with Crippen LogP contribution in [0.4, 0.5) is 0 Å². The summed E-state index contributed by atoms with van der Waals surface area (Å²) in [6.07, 6.45) is 0. The molecule has 0 amide bonds. The molecule has 1 N–H and O–H groups in total. The monoisotopic (exact) mass is 311 g/mol. The van der Waals surface area contributed by atoms with E-state index >= 15 is 0 Å². The van der Waals surface area contributed by atoms with Crippen LogP contribution in [0.25, 0.3) is 16.6 Å². The number of aromatic nitrogens is 2. The number of nitrogens with one attached hydrogen (secondary N) is 1. The highest BCUT2D eigenvalue weighted by molar-refractivity contribution is 7.71. The number of aromatic amines is 1. The predicted molar refractivity (Wildman–Crippen MR) is 83.8 cm³/mol. The predicted octanol–water partition coefficient (Wildman–Crippen LogP) is 1.72. The molecule has 0 spiro atoms. The van der Waals surface area contributed by atoms with Gasteiger partial charge in [-0.2, -0.15) is 0 Å². The van der Waals surface area contributed by atoms with Gasteiger partial charge in [0.2, 0.25) is 0 Å². The standard InChI is InChI=1S/C16H12N2O3S/c1-9-4-2-3-5-13(9)18-14(19)11-7-6-10(15(20)21)8-12(11)17-16(18)22/h2-8H,1H3,(H,17,22)(H,20,21)/p-1. The van der Waals surface area contributed by atoms with Crippen LogP contribution in [-0.4, -0.2) is 15.5 Å². The zero-order chi connectivity index (χ0) is 15.9. The topological polar surface area (TPSA) is 77.9 Å². The third-order valence-electron chi connectivity index (χ3n) is 3.49. The van der Waals surface area contributed by atoms with Gasteiger partial charge in [0.05, 0.1) is 22.6 Å². The smallest absolute Gasteiger partial charge is 0.266 e. The molecule has 0 aliphatic rings. The lowest BCUT2D eigenvalue weighted by atomic mass is 10.1. The van der Waals surface area contributed by atoms with Crippen molar-refractivity contribution in [3.05, 3.63) is 68.7 Å². The molecule has 0 bridgehead atoms. The number of hydrogen-bond donors (Lipinski definition) is 1. The molecule has 0 aliphatic heterocycles. The number of rotatable bonds is 2. The largest absolute Gasteiger partial charge is 0.545 e. The summed E-state index contributed by atoms with van der Waals surface area (Å²) in [7, 11) is 0. The zero-order valence-electron chi connectivity index (χ0n) is 11.6. The average molecular weight is 311 g/mol. The third-order valence-corrected chi connectivity index (χ3v) is 3.77. The Morgan fingerprint density at radius 2 is 1.95 bits per heavy atom. The lowest BCUT2D eigenvalue weighted by molar-refractivity contribution is -0.255. The lowest BCUT2D eigenvalue weighted by Gasteiger charge is -2.11. The van der Waals surface area contributed by atoms with Crippen molar-refractivity contribution in [3.8, 4) is 5.69 Å². The summed E-state index contributed by atoms with van der Waals surface area (Å²) in [5.41, 5.74) is 1.68. The molecule has 0 atom stereocenters. The molecular formula is C16H11N2O3S-. The fourth-order valence-electron chi connectivity index (χ4n) is 2.38. The number of nitrogens with zero attached hydrogens (tertiary/aromatic N) is 1. The normalized spacial score (nSPS) is 10.8. The molecule has 0 unspecified atom stereocenters. The molecule has 0 aliphatic carbocycles. The molecule has 5 nitrogen and oxygen atoms in total. The van der Waals surface area contributed by atoms with E-state index in [4.69, 9.17) is 12.2 Å². The highest BCUT2D eigenvalue weighted by atomic mass is 32.1. The summed E-state index contributed by atoms with van der Waals surface area (Å²) in [6, 6.07) is 11.6. The van der Waals surface area contributed by atoms with Crippen molar-refractivity contribution in [2.24, 2.45) is 0 Å². The highest BCUT2D eigenvalue weighted by Gasteiger charge is 2.10. The Kier molecular flexibility index (Phi) is 3.38. The van der Waals surface area contributed by atoms with Crippen LogP contribution < -0.4 is 10.7 Å². The van der Waals surface area contributed by atoms with Crippen LogP contribution in [-0.2, 0) is 0 Å². The van der Waals surface area contributed by atoms with Gasteiger partial charge in [-0.3, -0.25) is 9.36 Å². The van der Waals surface area contributed by atoms with E-state index in [1.807, 2.05) is 31.2 Å². The van der Waals surface area contributed by atoms with Crippen LogP contribution in [0.15, 0.2) is 47.3 Å². The van der Waals surface area contributed by atoms with Crippen molar-refractivity contribution in [2.45, 2.75) is 6.92 Å². The maximum absolute atomic E-state index is 12.7. The Morgan fingerprint density at radius 3 is 2.64 bits per heavy atom. The van der Waals surface area contributed by atoms with E-state index in [0.717, 1.165) is 5.56 Å². The van der Waals surface area contributed by atoms with E-state index < -0.39 is 5.97 Å². The zero-order valence-corrected chi connectivity index (χ0v) is 12.4. The van der Waals surface area contributed by atoms with E-state index in [0.29, 0.717) is 16.6 Å². The van der Waals surface area contributed by atoms with Crippen molar-refractivity contribution in [3.63, 3.8) is 0 Å². The fraction of sp³-hybridized carbons (Fsp3) is 0.0625. The molecule has 2 aromatic carbocycles. The first-order valence-corrected chi connectivity index (χ1v) is 6.96. The maximum atomic E-state index is 12.7. The number of para-hydroxylation sites is 1. The maximum Gasteiger partial charge on any atom is 0.266 e. The van der Waals surface area contributed by atoms with Gasteiger partial charge in [-0.15, -0.1) is 0 Å². The number of aromatic carboxylic acids is 1. The number of fused-ring (bicyclic) bond motifs is 1. The molecule has 22 heavy (non-hydrogen) atoms. The Balaban J connectivity index is 2.38. The van der Waals surface area contributed by atoms with Crippen molar-refractivity contribution in [2.75, 3.05) is 0 Å². The fourth-order valence-corrected chi connectivity index (χ4v) is 2.67. The second-order valence-corrected chi connectivity index (χ2v) is 5.29. The number of hydrogen-bond acceptors (Lipinski definition) is 4. The van der Waals surface area contributed by atoms with E-state index in [1.165, 1.54) is 22.8 Å². The number of carbonyl (C=O) groups is 1. The van der Waals surface area contributed by atoms with E-state index in [9.17, 15) is 14.7 Å². The third kappa shape index (κ3) is 2.23. The summed E-state index contributed by atoms with van der Waals surface area (Å²) in [4.78, 5) is 26.5. The van der Waals surface area contributed by atoms with Crippen LogP contribution >= 0.6 is 12.2 Å².